The molecule has 0 radical (unpaired) electrons. The Hall–Kier alpha value is -2.44. The van der Waals surface area contributed by atoms with Crippen LogP contribution in [0.15, 0.2) is 24.5 Å². The molecule has 2 unspecified atom stereocenters. The van der Waals surface area contributed by atoms with E-state index in [2.05, 4.69) is 9.72 Å². The van der Waals surface area contributed by atoms with Crippen molar-refractivity contribution in [3.05, 3.63) is 30.1 Å². The van der Waals surface area contributed by atoms with Crippen LogP contribution in [0.2, 0.25) is 0 Å². The lowest BCUT2D eigenvalue weighted by molar-refractivity contribution is -0.159. The second-order valence-corrected chi connectivity index (χ2v) is 4.83. The van der Waals surface area contributed by atoms with E-state index in [-0.39, 0.29) is 13.0 Å². The summed E-state index contributed by atoms with van der Waals surface area (Å²) in [7, 11) is 1.22. The first-order valence-corrected chi connectivity index (χ1v) is 6.92. The van der Waals surface area contributed by atoms with E-state index in [0.717, 1.165) is 0 Å². The number of ether oxygens (including phenoxy) is 1. The van der Waals surface area contributed by atoms with Crippen LogP contribution in [0.25, 0.3) is 0 Å². The maximum absolute atomic E-state index is 12.5. The van der Waals surface area contributed by atoms with Crippen LogP contribution in [0, 0.1) is 5.92 Å². The number of carboxylic acid groups (broad SMARTS) is 1. The van der Waals surface area contributed by atoms with Gasteiger partial charge in [0.25, 0.3) is 0 Å². The summed E-state index contributed by atoms with van der Waals surface area (Å²) in [4.78, 5) is 40.6. The van der Waals surface area contributed by atoms with Gasteiger partial charge in [0.1, 0.15) is 12.0 Å². The normalized spacial score (nSPS) is 13.0. The summed E-state index contributed by atoms with van der Waals surface area (Å²) in [5, 5.41) is 9.16. The Balaban J connectivity index is 3.07. The quantitative estimate of drug-likeness (QED) is 0.598. The minimum atomic E-state index is -1.21. The van der Waals surface area contributed by atoms with Gasteiger partial charge in [-0.05, 0) is 25.0 Å². The zero-order chi connectivity index (χ0) is 16.7. The third-order valence-corrected chi connectivity index (χ3v) is 3.37. The van der Waals surface area contributed by atoms with Gasteiger partial charge in [-0.3, -0.25) is 14.6 Å². The number of aliphatic carboxylic acids is 1. The fourth-order valence-electron chi connectivity index (χ4n) is 2.05. The maximum Gasteiger partial charge on any atom is 0.328 e. The van der Waals surface area contributed by atoms with Gasteiger partial charge in [0, 0.05) is 18.9 Å². The van der Waals surface area contributed by atoms with Gasteiger partial charge in [0.05, 0.1) is 7.11 Å². The van der Waals surface area contributed by atoms with Gasteiger partial charge in [0.15, 0.2) is 0 Å². The van der Waals surface area contributed by atoms with Gasteiger partial charge in [-0.2, -0.15) is 0 Å². The van der Waals surface area contributed by atoms with Gasteiger partial charge >= 0.3 is 11.9 Å². The highest BCUT2D eigenvalue weighted by atomic mass is 16.5. The Labute approximate surface area is 128 Å². The molecule has 2 atom stereocenters. The number of pyridine rings is 1. The van der Waals surface area contributed by atoms with Gasteiger partial charge in [-0.15, -0.1) is 0 Å². The molecule has 0 aliphatic heterocycles. The molecule has 0 aromatic carbocycles. The van der Waals surface area contributed by atoms with Crippen molar-refractivity contribution in [2.24, 2.45) is 5.92 Å². The van der Waals surface area contributed by atoms with Crippen molar-refractivity contribution in [1.29, 1.82) is 0 Å². The average Bonchev–Trinajstić information content (AvgIpc) is 2.52. The molecule has 0 aliphatic carbocycles. The fourth-order valence-corrected chi connectivity index (χ4v) is 2.05. The Morgan fingerprint density at radius 2 is 2.09 bits per heavy atom. The molecule has 120 valence electrons. The summed E-state index contributed by atoms with van der Waals surface area (Å²) in [5.74, 6) is -3.61. The number of carbonyl (C=O) groups is 3. The summed E-state index contributed by atoms with van der Waals surface area (Å²) < 4.78 is 4.66. The van der Waals surface area contributed by atoms with Crippen molar-refractivity contribution in [2.75, 3.05) is 7.11 Å². The largest absolute Gasteiger partial charge is 0.481 e. The fraction of sp³-hybridized carbons (Fsp3) is 0.467. The van der Waals surface area contributed by atoms with E-state index >= 15 is 0 Å². The first-order chi connectivity index (χ1) is 10.4. The van der Waals surface area contributed by atoms with Crippen LogP contribution in [-0.4, -0.2) is 46.0 Å². The molecule has 0 fully saturated rings. The van der Waals surface area contributed by atoms with E-state index in [4.69, 9.17) is 5.11 Å². The number of aromatic nitrogens is 1. The van der Waals surface area contributed by atoms with Crippen molar-refractivity contribution in [3.63, 3.8) is 0 Å². The molecule has 1 rings (SSSR count). The van der Waals surface area contributed by atoms with Crippen molar-refractivity contribution in [1.82, 2.24) is 9.88 Å². The number of carboxylic acids is 1. The number of nitrogens with zero attached hydrogens (tertiary/aromatic N) is 2. The highest BCUT2D eigenvalue weighted by Crippen LogP contribution is 2.16. The zero-order valence-electron chi connectivity index (χ0n) is 12.9. The van der Waals surface area contributed by atoms with Crippen LogP contribution in [-0.2, 0) is 25.7 Å². The molecule has 1 N–H and O–H groups in total. The number of esters is 1. The minimum Gasteiger partial charge on any atom is -0.481 e. The first-order valence-electron chi connectivity index (χ1n) is 6.92. The van der Waals surface area contributed by atoms with E-state index in [1.807, 2.05) is 0 Å². The number of hydrogen-bond acceptors (Lipinski definition) is 5. The zero-order valence-corrected chi connectivity index (χ0v) is 12.9. The number of carbonyl (C=O) groups excluding carboxylic acids is 2. The minimum absolute atomic E-state index is 0.0900. The topological polar surface area (TPSA) is 96.8 Å². The van der Waals surface area contributed by atoms with Crippen LogP contribution in [0.5, 0.6) is 0 Å². The number of hydrogen-bond donors (Lipinski definition) is 1. The maximum atomic E-state index is 12.5. The summed E-state index contributed by atoms with van der Waals surface area (Å²) in [5.41, 5.74) is 0.701. The lowest BCUT2D eigenvalue weighted by atomic mass is 10.0. The molecule has 0 bridgehead atoms. The molecule has 22 heavy (non-hydrogen) atoms. The molecule has 0 saturated heterocycles. The Kier molecular flexibility index (Phi) is 6.49. The van der Waals surface area contributed by atoms with E-state index in [1.165, 1.54) is 18.9 Å². The van der Waals surface area contributed by atoms with Crippen LogP contribution >= 0.6 is 0 Å². The van der Waals surface area contributed by atoms with Crippen molar-refractivity contribution in [2.45, 2.75) is 32.9 Å². The third-order valence-electron chi connectivity index (χ3n) is 3.37. The average molecular weight is 308 g/mol. The van der Waals surface area contributed by atoms with E-state index in [9.17, 15) is 14.4 Å². The van der Waals surface area contributed by atoms with Crippen LogP contribution in [0.3, 0.4) is 0 Å². The number of rotatable bonds is 7. The molecule has 0 aliphatic rings. The summed E-state index contributed by atoms with van der Waals surface area (Å²) in [6, 6.07) is 2.57. The standard InChI is InChI=1S/C15H20N2O5/c1-4-12(14(19)20)13(18)17(10(2)15(21)22-3)9-11-6-5-7-16-8-11/h5-8,10,12H,4,9H2,1-3H3,(H,19,20). The van der Waals surface area contributed by atoms with Crippen molar-refractivity contribution in [3.8, 4) is 0 Å². The first kappa shape index (κ1) is 17.6. The summed E-state index contributed by atoms with van der Waals surface area (Å²) in [6.07, 6.45) is 3.29. The molecular weight excluding hydrogens is 288 g/mol. The second-order valence-electron chi connectivity index (χ2n) is 4.83. The smallest absolute Gasteiger partial charge is 0.328 e. The van der Waals surface area contributed by atoms with Crippen LogP contribution in [0.1, 0.15) is 25.8 Å². The Morgan fingerprint density at radius 3 is 2.55 bits per heavy atom. The molecule has 0 spiro atoms. The highest BCUT2D eigenvalue weighted by molar-refractivity contribution is 5.98. The predicted octanol–water partition coefficient (Wildman–Crippen LogP) is 1.08. The van der Waals surface area contributed by atoms with Crippen LogP contribution in [0.4, 0.5) is 0 Å². The number of amides is 1. The molecule has 7 heteroatoms. The van der Waals surface area contributed by atoms with E-state index < -0.39 is 29.8 Å². The predicted molar refractivity (Wildman–Crippen MR) is 77.7 cm³/mol. The second kappa shape index (κ2) is 8.11. The van der Waals surface area contributed by atoms with E-state index in [1.54, 1.807) is 31.5 Å². The monoisotopic (exact) mass is 308 g/mol. The molecule has 7 nitrogen and oxygen atoms in total. The number of methoxy groups -OCH3 is 1. The van der Waals surface area contributed by atoms with E-state index in [0.29, 0.717) is 5.56 Å². The molecule has 1 aromatic rings. The lowest BCUT2D eigenvalue weighted by Gasteiger charge is -2.29. The molecule has 1 amide bonds. The highest BCUT2D eigenvalue weighted by Gasteiger charge is 2.34. The van der Waals surface area contributed by atoms with Gasteiger partial charge in [-0.25, -0.2) is 4.79 Å². The molecular formula is C15H20N2O5. The lowest BCUT2D eigenvalue weighted by Crippen LogP contribution is -2.47. The van der Waals surface area contributed by atoms with Crippen molar-refractivity contribution >= 4 is 17.8 Å². The Morgan fingerprint density at radius 1 is 1.41 bits per heavy atom. The molecule has 0 saturated carbocycles. The van der Waals surface area contributed by atoms with Crippen molar-refractivity contribution < 1.29 is 24.2 Å². The summed E-state index contributed by atoms with van der Waals surface area (Å²) >= 11 is 0. The SMILES string of the molecule is CCC(C(=O)O)C(=O)N(Cc1cccnc1)C(C)C(=O)OC. The van der Waals surface area contributed by atoms with Gasteiger partial charge in [-0.1, -0.05) is 13.0 Å². The molecule has 1 heterocycles. The van der Waals surface area contributed by atoms with Crippen LogP contribution < -0.4 is 0 Å². The van der Waals surface area contributed by atoms with Gasteiger partial charge < -0.3 is 14.7 Å². The summed E-state index contributed by atoms with van der Waals surface area (Å²) in [6.45, 7) is 3.21. The third kappa shape index (κ3) is 4.28. The molecule has 1 aromatic heterocycles. The van der Waals surface area contributed by atoms with Gasteiger partial charge in [0.2, 0.25) is 5.91 Å². The Bertz CT molecular complexity index is 532.